The van der Waals surface area contributed by atoms with Crippen LogP contribution in [0.5, 0.6) is 0 Å². The zero-order valence-electron chi connectivity index (χ0n) is 11.4. The highest BCUT2D eigenvalue weighted by Gasteiger charge is 2.05. The molecule has 1 aromatic heterocycles. The van der Waals surface area contributed by atoms with Crippen molar-refractivity contribution < 1.29 is 9.34 Å². The molecule has 0 N–H and O–H groups in total. The van der Waals surface area contributed by atoms with Crippen molar-refractivity contribution in [2.24, 2.45) is 0 Å². The first-order chi connectivity index (χ1) is 10.7. The molecule has 0 atom stereocenters. The summed E-state index contributed by atoms with van der Waals surface area (Å²) < 4.78 is 5.55. The highest BCUT2D eigenvalue weighted by atomic mass is 16.6. The molecule has 3 aromatic rings. The van der Waals surface area contributed by atoms with E-state index in [-0.39, 0.29) is 11.6 Å². The molecule has 0 bridgehead atoms. The fourth-order valence-electron chi connectivity index (χ4n) is 1.89. The smallest absolute Gasteiger partial charge is 0.274 e. The van der Waals surface area contributed by atoms with Crippen LogP contribution < -0.4 is 0 Å². The Balaban J connectivity index is 1.85. The molecule has 0 amide bonds. The number of hydrogen-bond acceptors (Lipinski definition) is 4. The zero-order chi connectivity index (χ0) is 15.4. The number of nitro benzene ring substituents is 1. The van der Waals surface area contributed by atoms with Crippen molar-refractivity contribution in [3.05, 3.63) is 82.4 Å². The van der Waals surface area contributed by atoms with Crippen molar-refractivity contribution in [1.82, 2.24) is 4.98 Å². The highest BCUT2D eigenvalue weighted by molar-refractivity contribution is 5.56. The molecule has 2 aromatic carbocycles. The first-order valence-electron chi connectivity index (χ1n) is 6.50. The molecule has 0 aliphatic carbocycles. The lowest BCUT2D eigenvalue weighted by molar-refractivity contribution is -0.384. The Kier molecular flexibility index (Phi) is 3.67. The largest absolute Gasteiger partial charge is 0.430 e. The second-order valence-corrected chi connectivity index (χ2v) is 4.45. The minimum Gasteiger partial charge on any atom is -0.430 e. The average molecular weight is 290 g/mol. The van der Waals surface area contributed by atoms with Crippen LogP contribution in [0.15, 0.2) is 65.2 Å². The van der Waals surface area contributed by atoms with Crippen LogP contribution in [-0.2, 0) is 0 Å². The fourth-order valence-corrected chi connectivity index (χ4v) is 1.89. The SMILES string of the molecule is O=[N+]([O-])c1cccc(C#Cc2ncc(-c3ccccc3)o2)c1. The van der Waals surface area contributed by atoms with E-state index in [1.54, 1.807) is 18.3 Å². The molecular weight excluding hydrogens is 280 g/mol. The van der Waals surface area contributed by atoms with E-state index in [9.17, 15) is 10.1 Å². The van der Waals surface area contributed by atoms with Crippen LogP contribution in [0.25, 0.3) is 11.3 Å². The molecule has 22 heavy (non-hydrogen) atoms. The van der Waals surface area contributed by atoms with Crippen LogP contribution in [0.3, 0.4) is 0 Å². The zero-order valence-corrected chi connectivity index (χ0v) is 11.4. The number of aromatic nitrogens is 1. The molecule has 0 unspecified atom stereocenters. The average Bonchev–Trinajstić information content (AvgIpc) is 3.03. The summed E-state index contributed by atoms with van der Waals surface area (Å²) in [6, 6.07) is 15.7. The van der Waals surface area contributed by atoms with Crippen molar-refractivity contribution in [2.75, 3.05) is 0 Å². The van der Waals surface area contributed by atoms with E-state index in [1.165, 1.54) is 12.1 Å². The molecule has 0 spiro atoms. The molecule has 106 valence electrons. The summed E-state index contributed by atoms with van der Waals surface area (Å²) in [6.45, 7) is 0. The molecule has 3 rings (SSSR count). The highest BCUT2D eigenvalue weighted by Crippen LogP contribution is 2.19. The third kappa shape index (κ3) is 3.02. The normalized spacial score (nSPS) is 9.82. The van der Waals surface area contributed by atoms with Gasteiger partial charge in [-0.3, -0.25) is 10.1 Å². The van der Waals surface area contributed by atoms with E-state index in [0.717, 1.165) is 5.56 Å². The van der Waals surface area contributed by atoms with Crippen LogP contribution in [0.4, 0.5) is 5.69 Å². The van der Waals surface area contributed by atoms with Crippen molar-refractivity contribution in [2.45, 2.75) is 0 Å². The number of nitro groups is 1. The summed E-state index contributed by atoms with van der Waals surface area (Å²) in [4.78, 5) is 14.4. The summed E-state index contributed by atoms with van der Waals surface area (Å²) in [6.07, 6.45) is 1.60. The Hall–Kier alpha value is -3.39. The van der Waals surface area contributed by atoms with E-state index in [0.29, 0.717) is 11.3 Å². The molecule has 0 aliphatic heterocycles. The molecule has 5 nitrogen and oxygen atoms in total. The van der Waals surface area contributed by atoms with Gasteiger partial charge in [0.15, 0.2) is 5.76 Å². The number of rotatable bonds is 2. The van der Waals surface area contributed by atoms with Gasteiger partial charge in [0.2, 0.25) is 0 Å². The molecule has 0 fully saturated rings. The van der Waals surface area contributed by atoms with Gasteiger partial charge >= 0.3 is 0 Å². The number of oxazole rings is 1. The van der Waals surface area contributed by atoms with Crippen LogP contribution in [0, 0.1) is 22.0 Å². The number of benzene rings is 2. The van der Waals surface area contributed by atoms with Crippen molar-refractivity contribution in [3.63, 3.8) is 0 Å². The van der Waals surface area contributed by atoms with Crippen LogP contribution in [0.1, 0.15) is 11.5 Å². The Morgan fingerprint density at radius 2 is 1.86 bits per heavy atom. The van der Waals surface area contributed by atoms with Gasteiger partial charge in [0.05, 0.1) is 11.1 Å². The van der Waals surface area contributed by atoms with Gasteiger partial charge in [-0.2, -0.15) is 0 Å². The molecule has 0 aliphatic rings. The van der Waals surface area contributed by atoms with Gasteiger partial charge in [0, 0.05) is 23.3 Å². The lowest BCUT2D eigenvalue weighted by Gasteiger charge is -1.92. The molecular formula is C17H10N2O3. The van der Waals surface area contributed by atoms with E-state index >= 15 is 0 Å². The maximum absolute atomic E-state index is 10.7. The van der Waals surface area contributed by atoms with Crippen LogP contribution >= 0.6 is 0 Å². The van der Waals surface area contributed by atoms with E-state index in [1.807, 2.05) is 30.3 Å². The van der Waals surface area contributed by atoms with Crippen LogP contribution in [-0.4, -0.2) is 9.91 Å². The van der Waals surface area contributed by atoms with Crippen molar-refractivity contribution in [1.29, 1.82) is 0 Å². The Bertz CT molecular complexity index is 873. The molecule has 5 heteroatoms. The quantitative estimate of drug-likeness (QED) is 0.410. The summed E-state index contributed by atoms with van der Waals surface area (Å²) in [5.74, 6) is 6.47. The molecule has 1 heterocycles. The fraction of sp³-hybridized carbons (Fsp3) is 0. The van der Waals surface area contributed by atoms with E-state index in [2.05, 4.69) is 16.8 Å². The maximum atomic E-state index is 10.7. The molecule has 0 saturated heterocycles. The predicted molar refractivity (Wildman–Crippen MR) is 81.0 cm³/mol. The third-order valence-electron chi connectivity index (χ3n) is 2.93. The Morgan fingerprint density at radius 3 is 2.64 bits per heavy atom. The summed E-state index contributed by atoms with van der Waals surface area (Å²) in [5.41, 5.74) is 1.45. The number of nitrogens with zero attached hydrogens (tertiary/aromatic N) is 2. The van der Waals surface area contributed by atoms with Crippen LogP contribution in [0.2, 0.25) is 0 Å². The van der Waals surface area contributed by atoms with Gasteiger partial charge in [-0.15, -0.1) is 0 Å². The lowest BCUT2D eigenvalue weighted by atomic mass is 10.2. The van der Waals surface area contributed by atoms with Crippen molar-refractivity contribution >= 4 is 5.69 Å². The third-order valence-corrected chi connectivity index (χ3v) is 2.93. The second kappa shape index (κ2) is 5.94. The Morgan fingerprint density at radius 1 is 1.05 bits per heavy atom. The van der Waals surface area contributed by atoms with Gasteiger partial charge in [-0.05, 0) is 12.0 Å². The summed E-state index contributed by atoms with van der Waals surface area (Å²) in [7, 11) is 0. The monoisotopic (exact) mass is 290 g/mol. The van der Waals surface area contributed by atoms with Gasteiger partial charge < -0.3 is 4.42 Å². The summed E-state index contributed by atoms with van der Waals surface area (Å²) in [5, 5.41) is 10.7. The first kappa shape index (κ1) is 13.6. The van der Waals surface area contributed by atoms with Gasteiger partial charge in [-0.25, -0.2) is 4.98 Å². The Labute approximate surface area is 126 Å². The van der Waals surface area contributed by atoms with Crippen molar-refractivity contribution in [3.8, 4) is 23.2 Å². The van der Waals surface area contributed by atoms with E-state index in [4.69, 9.17) is 4.42 Å². The predicted octanol–water partition coefficient (Wildman–Crippen LogP) is 3.65. The van der Waals surface area contributed by atoms with Gasteiger partial charge in [0.25, 0.3) is 11.6 Å². The topological polar surface area (TPSA) is 69.2 Å². The molecule has 0 saturated carbocycles. The maximum Gasteiger partial charge on any atom is 0.274 e. The minimum absolute atomic E-state index is 0.00387. The minimum atomic E-state index is -0.455. The second-order valence-electron chi connectivity index (χ2n) is 4.45. The standard InChI is InChI=1S/C17H10N2O3/c20-19(21)15-8-4-5-13(11-15)9-10-17-18-12-16(22-17)14-6-2-1-3-7-14/h1-8,11-12H. The lowest BCUT2D eigenvalue weighted by Crippen LogP contribution is -1.87. The first-order valence-corrected chi connectivity index (χ1v) is 6.50. The molecule has 0 radical (unpaired) electrons. The number of non-ortho nitro benzene ring substituents is 1. The summed E-state index contributed by atoms with van der Waals surface area (Å²) >= 11 is 0. The number of hydrogen-bond donors (Lipinski definition) is 0. The van der Waals surface area contributed by atoms with E-state index < -0.39 is 4.92 Å². The van der Waals surface area contributed by atoms with Gasteiger partial charge in [0.1, 0.15) is 0 Å². The van der Waals surface area contributed by atoms with Gasteiger partial charge in [-0.1, -0.05) is 42.3 Å².